The van der Waals surface area contributed by atoms with E-state index in [1.165, 1.54) is 24.5 Å². The number of hydrogen-bond acceptors (Lipinski definition) is 4. The molecule has 2 aromatic rings. The van der Waals surface area contributed by atoms with Gasteiger partial charge in [0.2, 0.25) is 10.0 Å². The van der Waals surface area contributed by atoms with Crippen molar-refractivity contribution >= 4 is 27.1 Å². The highest BCUT2D eigenvalue weighted by Crippen LogP contribution is 2.33. The molecule has 0 fully saturated rings. The molecule has 0 aliphatic heterocycles. The van der Waals surface area contributed by atoms with Gasteiger partial charge in [-0.3, -0.25) is 0 Å². The van der Waals surface area contributed by atoms with Gasteiger partial charge >= 0.3 is 0 Å². The van der Waals surface area contributed by atoms with Crippen LogP contribution in [0, 0.1) is 0 Å². The molecular formula is C16H21N3O2S. The summed E-state index contributed by atoms with van der Waals surface area (Å²) in [5.41, 5.74) is 7.78. The van der Waals surface area contributed by atoms with E-state index >= 15 is 0 Å². The molecule has 0 aliphatic carbocycles. The zero-order valence-corrected chi connectivity index (χ0v) is 13.8. The van der Waals surface area contributed by atoms with Crippen LogP contribution in [-0.2, 0) is 10.0 Å². The number of nitrogens with two attached hydrogens (primary N) is 1. The second-order valence-electron chi connectivity index (χ2n) is 5.09. The molecule has 0 aromatic heterocycles. The molecule has 0 aliphatic rings. The topological polar surface area (TPSA) is 66.6 Å². The van der Waals surface area contributed by atoms with E-state index in [4.69, 9.17) is 5.73 Å². The molecular weight excluding hydrogens is 298 g/mol. The molecule has 0 saturated carbocycles. The smallest absolute Gasteiger partial charge is 0.244 e. The highest BCUT2D eigenvalue weighted by Gasteiger charge is 2.24. The molecule has 2 rings (SSSR count). The van der Waals surface area contributed by atoms with Gasteiger partial charge in [-0.05, 0) is 37.3 Å². The van der Waals surface area contributed by atoms with E-state index < -0.39 is 10.0 Å². The zero-order valence-electron chi connectivity index (χ0n) is 13.0. The molecule has 2 aromatic carbocycles. The molecule has 0 unspecified atom stereocenters. The summed E-state index contributed by atoms with van der Waals surface area (Å²) < 4.78 is 26.4. The van der Waals surface area contributed by atoms with E-state index in [1.807, 2.05) is 42.2 Å². The van der Waals surface area contributed by atoms with Crippen molar-refractivity contribution in [1.82, 2.24) is 4.31 Å². The van der Waals surface area contributed by atoms with Gasteiger partial charge in [0.15, 0.2) is 0 Å². The van der Waals surface area contributed by atoms with Gasteiger partial charge in [-0.15, -0.1) is 0 Å². The molecule has 0 spiro atoms. The Morgan fingerprint density at radius 2 is 1.68 bits per heavy atom. The first-order chi connectivity index (χ1) is 10.4. The summed E-state index contributed by atoms with van der Waals surface area (Å²) >= 11 is 0. The number of benzene rings is 2. The van der Waals surface area contributed by atoms with E-state index in [-0.39, 0.29) is 4.90 Å². The molecule has 0 atom stereocenters. The van der Waals surface area contributed by atoms with E-state index in [2.05, 4.69) is 0 Å². The van der Waals surface area contributed by atoms with Gasteiger partial charge < -0.3 is 10.6 Å². The van der Waals surface area contributed by atoms with Gasteiger partial charge in [0, 0.05) is 32.0 Å². The first kappa shape index (κ1) is 16.3. The molecule has 5 nitrogen and oxygen atoms in total. The largest absolute Gasteiger partial charge is 0.399 e. The lowest BCUT2D eigenvalue weighted by Gasteiger charge is -2.27. The molecule has 2 N–H and O–H groups in total. The van der Waals surface area contributed by atoms with Crippen LogP contribution in [0.15, 0.2) is 53.4 Å². The monoisotopic (exact) mass is 319 g/mol. The lowest BCUT2D eigenvalue weighted by atomic mass is 10.2. The van der Waals surface area contributed by atoms with Crippen molar-refractivity contribution < 1.29 is 8.42 Å². The third-order valence-electron chi connectivity index (χ3n) is 3.42. The van der Waals surface area contributed by atoms with Crippen molar-refractivity contribution in [2.75, 3.05) is 31.3 Å². The Bertz CT molecular complexity index is 743. The molecule has 0 radical (unpaired) electrons. The van der Waals surface area contributed by atoms with Crippen LogP contribution in [0.5, 0.6) is 0 Å². The Morgan fingerprint density at radius 1 is 1.05 bits per heavy atom. The highest BCUT2D eigenvalue weighted by molar-refractivity contribution is 7.89. The maximum atomic E-state index is 12.6. The zero-order chi connectivity index (χ0) is 16.3. The van der Waals surface area contributed by atoms with Crippen molar-refractivity contribution in [3.05, 3.63) is 48.5 Å². The highest BCUT2D eigenvalue weighted by atomic mass is 32.2. The van der Waals surface area contributed by atoms with Crippen molar-refractivity contribution in [3.63, 3.8) is 0 Å². The average molecular weight is 319 g/mol. The number of anilines is 3. The van der Waals surface area contributed by atoms with Gasteiger partial charge in [0.05, 0.1) is 5.69 Å². The summed E-state index contributed by atoms with van der Waals surface area (Å²) in [7, 11) is -0.552. The van der Waals surface area contributed by atoms with Gasteiger partial charge in [-0.2, -0.15) is 0 Å². The number of rotatable bonds is 5. The Morgan fingerprint density at radius 3 is 2.23 bits per heavy atom. The Labute approximate surface area is 132 Å². The maximum absolute atomic E-state index is 12.6. The second-order valence-corrected chi connectivity index (χ2v) is 7.21. The Hall–Kier alpha value is -2.05. The normalized spacial score (nSPS) is 11.6. The molecule has 22 heavy (non-hydrogen) atoms. The number of para-hydroxylation sites is 1. The number of nitrogens with zero attached hydrogens (tertiary/aromatic N) is 2. The second kappa shape index (κ2) is 6.37. The van der Waals surface area contributed by atoms with Crippen molar-refractivity contribution in [2.45, 2.75) is 11.8 Å². The summed E-state index contributed by atoms with van der Waals surface area (Å²) in [6.45, 7) is 2.62. The summed E-state index contributed by atoms with van der Waals surface area (Å²) in [5.74, 6) is 0. The van der Waals surface area contributed by atoms with Crippen molar-refractivity contribution in [2.24, 2.45) is 0 Å². The molecule has 118 valence electrons. The Kier molecular flexibility index (Phi) is 4.73. The van der Waals surface area contributed by atoms with Crippen LogP contribution in [0.1, 0.15) is 6.92 Å². The Balaban J connectivity index is 2.65. The van der Waals surface area contributed by atoms with Gasteiger partial charge in [-0.25, -0.2) is 12.7 Å². The van der Waals surface area contributed by atoms with Gasteiger partial charge in [-0.1, -0.05) is 18.2 Å². The molecule has 0 saturated heterocycles. The number of nitrogen functional groups attached to an aromatic ring is 1. The van der Waals surface area contributed by atoms with Crippen LogP contribution < -0.4 is 10.6 Å². The van der Waals surface area contributed by atoms with Crippen LogP contribution in [0.3, 0.4) is 0 Å². The summed E-state index contributed by atoms with van der Waals surface area (Å²) in [5, 5.41) is 0. The molecule has 0 amide bonds. The van der Waals surface area contributed by atoms with Crippen LogP contribution in [0.2, 0.25) is 0 Å². The predicted octanol–water partition coefficient (Wildman–Crippen LogP) is 2.68. The quantitative estimate of drug-likeness (QED) is 0.861. The average Bonchev–Trinajstić information content (AvgIpc) is 2.50. The fraction of sp³-hybridized carbons (Fsp3) is 0.250. The standard InChI is InChI=1S/C16H21N3O2S/c1-4-19(14-8-6-5-7-9-14)15-11-10-13(17)12-16(15)22(20,21)18(2)3/h5-12H,4,17H2,1-3H3. The fourth-order valence-corrected chi connectivity index (χ4v) is 3.38. The van der Waals surface area contributed by atoms with Crippen LogP contribution in [-0.4, -0.2) is 33.4 Å². The van der Waals surface area contributed by atoms with Gasteiger partial charge in [0.1, 0.15) is 4.90 Å². The minimum absolute atomic E-state index is 0.211. The predicted molar refractivity (Wildman–Crippen MR) is 90.8 cm³/mol. The third-order valence-corrected chi connectivity index (χ3v) is 5.26. The molecule has 0 heterocycles. The van der Waals surface area contributed by atoms with Gasteiger partial charge in [0.25, 0.3) is 0 Å². The van der Waals surface area contributed by atoms with E-state index in [1.54, 1.807) is 12.1 Å². The first-order valence-corrected chi connectivity index (χ1v) is 8.46. The van der Waals surface area contributed by atoms with Crippen molar-refractivity contribution in [1.29, 1.82) is 0 Å². The minimum atomic E-state index is -3.58. The molecule has 0 bridgehead atoms. The van der Waals surface area contributed by atoms with Crippen LogP contribution >= 0.6 is 0 Å². The fourth-order valence-electron chi connectivity index (χ4n) is 2.26. The van der Waals surface area contributed by atoms with Crippen LogP contribution in [0.25, 0.3) is 0 Å². The maximum Gasteiger partial charge on any atom is 0.244 e. The lowest BCUT2D eigenvalue weighted by molar-refractivity contribution is 0.521. The minimum Gasteiger partial charge on any atom is -0.399 e. The summed E-state index contributed by atoms with van der Waals surface area (Å²) in [4.78, 5) is 2.17. The van der Waals surface area contributed by atoms with E-state index in [9.17, 15) is 8.42 Å². The van der Waals surface area contributed by atoms with E-state index in [0.29, 0.717) is 17.9 Å². The first-order valence-electron chi connectivity index (χ1n) is 7.02. The van der Waals surface area contributed by atoms with Crippen LogP contribution in [0.4, 0.5) is 17.1 Å². The lowest BCUT2D eigenvalue weighted by Crippen LogP contribution is -2.26. The summed E-state index contributed by atoms with van der Waals surface area (Å²) in [6, 6.07) is 14.7. The third kappa shape index (κ3) is 3.08. The SMILES string of the molecule is CCN(c1ccccc1)c1ccc(N)cc1S(=O)(=O)N(C)C. The van der Waals surface area contributed by atoms with Crippen molar-refractivity contribution in [3.8, 4) is 0 Å². The summed E-state index contributed by atoms with van der Waals surface area (Å²) in [6.07, 6.45) is 0. The number of hydrogen-bond donors (Lipinski definition) is 1. The molecule has 6 heteroatoms. The number of sulfonamides is 1. The van der Waals surface area contributed by atoms with E-state index in [0.717, 1.165) is 5.69 Å².